The Labute approximate surface area is 108 Å². The molecule has 0 aliphatic rings. The SMILES string of the molecule is OC(CBr)COc1c(Br)cccc1Br. The number of ether oxygens (including phenoxy) is 1. The largest absolute Gasteiger partial charge is 0.488 e. The molecule has 1 unspecified atom stereocenters. The average Bonchev–Trinajstić information content (AvgIpc) is 2.16. The van der Waals surface area contributed by atoms with E-state index in [1.165, 1.54) is 0 Å². The van der Waals surface area contributed by atoms with E-state index >= 15 is 0 Å². The lowest BCUT2D eigenvalue weighted by molar-refractivity contribution is 0.126. The van der Waals surface area contributed by atoms with Crippen molar-refractivity contribution in [3.05, 3.63) is 27.1 Å². The molecule has 0 heterocycles. The van der Waals surface area contributed by atoms with Crippen molar-refractivity contribution < 1.29 is 9.84 Å². The predicted octanol–water partition coefficient (Wildman–Crippen LogP) is 3.35. The van der Waals surface area contributed by atoms with Crippen LogP contribution in [0.15, 0.2) is 27.1 Å². The maximum Gasteiger partial charge on any atom is 0.147 e. The molecule has 1 rings (SSSR count). The van der Waals surface area contributed by atoms with Gasteiger partial charge in [0.2, 0.25) is 0 Å². The minimum absolute atomic E-state index is 0.270. The van der Waals surface area contributed by atoms with E-state index in [4.69, 9.17) is 4.74 Å². The highest BCUT2D eigenvalue weighted by Gasteiger charge is 2.08. The lowest BCUT2D eigenvalue weighted by Gasteiger charge is -2.12. The van der Waals surface area contributed by atoms with Gasteiger partial charge in [-0.2, -0.15) is 0 Å². The number of aliphatic hydroxyl groups excluding tert-OH is 1. The molecule has 0 amide bonds. The fourth-order valence-electron chi connectivity index (χ4n) is 0.844. The van der Waals surface area contributed by atoms with Crippen LogP contribution in [0.1, 0.15) is 0 Å². The van der Waals surface area contributed by atoms with Crippen LogP contribution in [-0.4, -0.2) is 23.1 Å². The smallest absolute Gasteiger partial charge is 0.147 e. The normalized spacial score (nSPS) is 12.6. The zero-order valence-electron chi connectivity index (χ0n) is 7.21. The quantitative estimate of drug-likeness (QED) is 0.801. The van der Waals surface area contributed by atoms with E-state index < -0.39 is 6.10 Å². The second-order valence-corrected chi connectivity index (χ2v) is 5.03. The van der Waals surface area contributed by atoms with Gasteiger partial charge >= 0.3 is 0 Å². The molecule has 0 saturated heterocycles. The Morgan fingerprint density at radius 1 is 1.29 bits per heavy atom. The van der Waals surface area contributed by atoms with Crippen molar-refractivity contribution in [3.63, 3.8) is 0 Å². The number of benzene rings is 1. The van der Waals surface area contributed by atoms with Gasteiger partial charge in [0.05, 0.1) is 15.0 Å². The average molecular weight is 389 g/mol. The minimum Gasteiger partial charge on any atom is -0.488 e. The summed E-state index contributed by atoms with van der Waals surface area (Å²) in [7, 11) is 0. The van der Waals surface area contributed by atoms with E-state index in [0.29, 0.717) is 11.1 Å². The van der Waals surface area contributed by atoms with Crippen molar-refractivity contribution in [1.82, 2.24) is 0 Å². The zero-order valence-corrected chi connectivity index (χ0v) is 12.0. The molecule has 78 valence electrons. The summed E-state index contributed by atoms with van der Waals surface area (Å²) in [6, 6.07) is 5.68. The first-order valence-corrected chi connectivity index (χ1v) is 6.66. The van der Waals surface area contributed by atoms with Gasteiger partial charge in [-0.25, -0.2) is 0 Å². The van der Waals surface area contributed by atoms with Gasteiger partial charge in [-0.05, 0) is 44.0 Å². The number of hydrogen-bond donors (Lipinski definition) is 1. The fourth-order valence-corrected chi connectivity index (χ4v) is 2.26. The highest BCUT2D eigenvalue weighted by atomic mass is 79.9. The zero-order chi connectivity index (χ0) is 10.6. The second kappa shape index (κ2) is 6.10. The van der Waals surface area contributed by atoms with Crippen molar-refractivity contribution >= 4 is 47.8 Å². The number of hydrogen-bond acceptors (Lipinski definition) is 2. The first kappa shape index (κ1) is 12.5. The number of rotatable bonds is 4. The summed E-state index contributed by atoms with van der Waals surface area (Å²) in [4.78, 5) is 0. The standard InChI is InChI=1S/C9H9Br3O2/c10-4-6(13)5-14-9-7(11)2-1-3-8(9)12/h1-3,6,13H,4-5H2. The van der Waals surface area contributed by atoms with Gasteiger partial charge in [0, 0.05) is 5.33 Å². The van der Waals surface area contributed by atoms with Gasteiger partial charge in [-0.15, -0.1) is 0 Å². The van der Waals surface area contributed by atoms with Crippen molar-refractivity contribution in [1.29, 1.82) is 0 Å². The van der Waals surface area contributed by atoms with E-state index in [-0.39, 0.29) is 6.61 Å². The molecule has 1 aromatic rings. The molecule has 1 atom stereocenters. The van der Waals surface area contributed by atoms with Crippen LogP contribution in [0.5, 0.6) is 5.75 Å². The Morgan fingerprint density at radius 2 is 1.86 bits per heavy atom. The van der Waals surface area contributed by atoms with Gasteiger partial charge in [-0.1, -0.05) is 22.0 Å². The highest BCUT2D eigenvalue weighted by Crippen LogP contribution is 2.32. The number of para-hydroxylation sites is 1. The van der Waals surface area contributed by atoms with Crippen molar-refractivity contribution in [3.8, 4) is 5.75 Å². The van der Waals surface area contributed by atoms with E-state index in [0.717, 1.165) is 8.95 Å². The first-order chi connectivity index (χ1) is 6.65. The molecule has 5 heteroatoms. The Kier molecular flexibility index (Phi) is 5.44. The fraction of sp³-hybridized carbons (Fsp3) is 0.333. The lowest BCUT2D eigenvalue weighted by Crippen LogP contribution is -2.18. The third-order valence-corrected chi connectivity index (χ3v) is 3.51. The monoisotopic (exact) mass is 386 g/mol. The van der Waals surface area contributed by atoms with E-state index in [1.807, 2.05) is 18.2 Å². The lowest BCUT2D eigenvalue weighted by atomic mass is 10.3. The van der Waals surface area contributed by atoms with Crippen LogP contribution < -0.4 is 4.74 Å². The molecule has 2 nitrogen and oxygen atoms in total. The molecule has 0 aliphatic heterocycles. The van der Waals surface area contributed by atoms with Crippen LogP contribution in [-0.2, 0) is 0 Å². The molecule has 1 aromatic carbocycles. The topological polar surface area (TPSA) is 29.5 Å². The number of aliphatic hydroxyl groups is 1. The Hall–Kier alpha value is 0.420. The maximum atomic E-state index is 9.30. The van der Waals surface area contributed by atoms with Crippen LogP contribution in [0.3, 0.4) is 0 Å². The molecule has 0 aromatic heterocycles. The summed E-state index contributed by atoms with van der Waals surface area (Å²) in [5.41, 5.74) is 0. The molecular formula is C9H9Br3O2. The third-order valence-electron chi connectivity index (χ3n) is 1.52. The predicted molar refractivity (Wildman–Crippen MR) is 67.1 cm³/mol. The molecule has 0 radical (unpaired) electrons. The second-order valence-electron chi connectivity index (χ2n) is 2.67. The van der Waals surface area contributed by atoms with Gasteiger partial charge in [-0.3, -0.25) is 0 Å². The Balaban J connectivity index is 2.66. The van der Waals surface area contributed by atoms with Crippen molar-refractivity contribution in [2.75, 3.05) is 11.9 Å². The molecular weight excluding hydrogens is 380 g/mol. The van der Waals surface area contributed by atoms with E-state index in [1.54, 1.807) is 0 Å². The molecule has 0 fully saturated rings. The van der Waals surface area contributed by atoms with Crippen molar-refractivity contribution in [2.45, 2.75) is 6.10 Å². The first-order valence-electron chi connectivity index (χ1n) is 3.96. The number of alkyl halides is 1. The van der Waals surface area contributed by atoms with Crippen LogP contribution in [0.25, 0.3) is 0 Å². The van der Waals surface area contributed by atoms with Gasteiger partial charge in [0.1, 0.15) is 12.4 Å². The van der Waals surface area contributed by atoms with Gasteiger partial charge < -0.3 is 9.84 Å². The summed E-state index contributed by atoms with van der Waals surface area (Å²) in [5, 5.41) is 9.81. The molecule has 0 saturated carbocycles. The maximum absolute atomic E-state index is 9.30. The summed E-state index contributed by atoms with van der Waals surface area (Å²) < 4.78 is 7.18. The summed E-state index contributed by atoms with van der Waals surface area (Å²) in [5.74, 6) is 0.715. The molecule has 0 spiro atoms. The summed E-state index contributed by atoms with van der Waals surface area (Å²) in [6.07, 6.45) is -0.492. The number of halogens is 3. The van der Waals surface area contributed by atoms with Crippen LogP contribution >= 0.6 is 47.8 Å². The highest BCUT2D eigenvalue weighted by molar-refractivity contribution is 9.11. The van der Waals surface area contributed by atoms with E-state index in [2.05, 4.69) is 47.8 Å². The Bertz CT molecular complexity index is 284. The van der Waals surface area contributed by atoms with Gasteiger partial charge in [0.15, 0.2) is 0 Å². The summed E-state index contributed by atoms with van der Waals surface area (Å²) in [6.45, 7) is 0.270. The van der Waals surface area contributed by atoms with Crippen molar-refractivity contribution in [2.24, 2.45) is 0 Å². The van der Waals surface area contributed by atoms with Gasteiger partial charge in [0.25, 0.3) is 0 Å². The minimum atomic E-state index is -0.492. The van der Waals surface area contributed by atoms with Crippen LogP contribution in [0, 0.1) is 0 Å². The van der Waals surface area contributed by atoms with E-state index in [9.17, 15) is 5.11 Å². The summed E-state index contributed by atoms with van der Waals surface area (Å²) >= 11 is 9.91. The van der Waals surface area contributed by atoms with Crippen LogP contribution in [0.4, 0.5) is 0 Å². The Morgan fingerprint density at radius 3 is 2.36 bits per heavy atom. The molecule has 0 aliphatic carbocycles. The third kappa shape index (κ3) is 3.53. The molecule has 0 bridgehead atoms. The van der Waals surface area contributed by atoms with Crippen LogP contribution in [0.2, 0.25) is 0 Å². The molecule has 14 heavy (non-hydrogen) atoms. The molecule has 1 N–H and O–H groups in total.